The lowest BCUT2D eigenvalue weighted by molar-refractivity contribution is 0.110. The number of terminal acetylenes is 1. The molecule has 0 radical (unpaired) electrons. The molecule has 1 fully saturated rings. The van der Waals surface area contributed by atoms with Crippen LogP contribution in [-0.4, -0.2) is 52.3 Å². The zero-order chi connectivity index (χ0) is 20.4. The van der Waals surface area contributed by atoms with Gasteiger partial charge in [-0.2, -0.15) is 5.10 Å². The van der Waals surface area contributed by atoms with Crippen molar-refractivity contribution in [1.82, 2.24) is 19.6 Å². The van der Waals surface area contributed by atoms with Crippen LogP contribution in [0.2, 0.25) is 0 Å². The highest BCUT2D eigenvalue weighted by atomic mass is 19.2. The molecule has 1 aliphatic heterocycles. The first-order chi connectivity index (χ1) is 14.1. The number of rotatable bonds is 4. The Kier molecular flexibility index (Phi) is 5.38. The average Bonchev–Trinajstić information content (AvgIpc) is 2.74. The van der Waals surface area contributed by atoms with E-state index in [4.69, 9.17) is 6.42 Å². The number of hydrogen-bond donors (Lipinski definition) is 0. The van der Waals surface area contributed by atoms with E-state index in [-0.39, 0.29) is 5.56 Å². The molecule has 1 aromatic heterocycles. The standard InChI is InChI=1S/C22H20F2N4O/c1-2-9-26-10-12-27(13-11-26)15-28-22(29)18-6-4-3-5-17(18)21(25-28)16-7-8-19(23)20(24)14-16/h1,3-8,14H,9-13,15H2. The molecule has 3 aromatic rings. The van der Waals surface area contributed by atoms with Crippen LogP contribution in [0.3, 0.4) is 0 Å². The Hall–Kier alpha value is -3.08. The Bertz CT molecular complexity index is 1140. The molecule has 0 bridgehead atoms. The minimum absolute atomic E-state index is 0.210. The zero-order valence-corrected chi connectivity index (χ0v) is 15.8. The lowest BCUT2D eigenvalue weighted by atomic mass is 10.0. The highest BCUT2D eigenvalue weighted by molar-refractivity contribution is 5.93. The molecular formula is C22H20F2N4O. The van der Waals surface area contributed by atoms with Crippen molar-refractivity contribution in [3.8, 4) is 23.6 Å². The van der Waals surface area contributed by atoms with Crippen LogP contribution in [0.5, 0.6) is 0 Å². The fourth-order valence-corrected chi connectivity index (χ4v) is 3.60. The van der Waals surface area contributed by atoms with E-state index in [9.17, 15) is 13.6 Å². The second-order valence-corrected chi connectivity index (χ2v) is 7.07. The molecule has 2 aromatic carbocycles. The van der Waals surface area contributed by atoms with E-state index in [2.05, 4.69) is 20.8 Å². The van der Waals surface area contributed by atoms with E-state index < -0.39 is 11.6 Å². The second kappa shape index (κ2) is 8.11. The molecular weight excluding hydrogens is 374 g/mol. The summed E-state index contributed by atoms with van der Waals surface area (Å²) in [5.74, 6) is 0.779. The summed E-state index contributed by atoms with van der Waals surface area (Å²) in [5.41, 5.74) is 0.663. The largest absolute Gasteiger partial charge is 0.290 e. The predicted octanol–water partition coefficient (Wildman–Crippen LogP) is 2.55. The average molecular weight is 394 g/mol. The van der Waals surface area contributed by atoms with Gasteiger partial charge in [0, 0.05) is 37.1 Å². The van der Waals surface area contributed by atoms with Crippen molar-refractivity contribution in [3.63, 3.8) is 0 Å². The van der Waals surface area contributed by atoms with E-state index in [1.165, 1.54) is 10.7 Å². The fraction of sp³-hybridized carbons (Fsp3) is 0.273. The molecule has 2 heterocycles. The lowest BCUT2D eigenvalue weighted by Gasteiger charge is -2.33. The third-order valence-corrected chi connectivity index (χ3v) is 5.17. The van der Waals surface area contributed by atoms with Crippen LogP contribution in [-0.2, 0) is 6.67 Å². The topological polar surface area (TPSA) is 41.4 Å². The van der Waals surface area contributed by atoms with E-state index in [1.807, 2.05) is 0 Å². The quantitative estimate of drug-likeness (QED) is 0.638. The minimum Gasteiger partial charge on any atom is -0.290 e. The van der Waals surface area contributed by atoms with Crippen LogP contribution in [0.15, 0.2) is 47.3 Å². The monoisotopic (exact) mass is 394 g/mol. The van der Waals surface area contributed by atoms with E-state index in [0.717, 1.165) is 38.3 Å². The number of piperazine rings is 1. The third-order valence-electron chi connectivity index (χ3n) is 5.17. The predicted molar refractivity (Wildman–Crippen MR) is 108 cm³/mol. The van der Waals surface area contributed by atoms with Crippen LogP contribution in [0.1, 0.15) is 0 Å². The first kappa shape index (κ1) is 19.2. The number of halogens is 2. The van der Waals surface area contributed by atoms with Gasteiger partial charge < -0.3 is 0 Å². The van der Waals surface area contributed by atoms with Crippen molar-refractivity contribution in [2.24, 2.45) is 0 Å². The molecule has 0 aliphatic carbocycles. The summed E-state index contributed by atoms with van der Waals surface area (Å²) >= 11 is 0. The van der Waals surface area contributed by atoms with Gasteiger partial charge in [-0.3, -0.25) is 14.6 Å². The number of fused-ring (bicyclic) bond motifs is 1. The summed E-state index contributed by atoms with van der Waals surface area (Å²) in [5, 5.41) is 5.62. The summed E-state index contributed by atoms with van der Waals surface area (Å²) in [6, 6.07) is 10.7. The maximum Gasteiger partial charge on any atom is 0.275 e. The molecule has 0 spiro atoms. The summed E-state index contributed by atoms with van der Waals surface area (Å²) in [6.45, 7) is 4.12. The van der Waals surface area contributed by atoms with Crippen LogP contribution < -0.4 is 5.56 Å². The van der Waals surface area contributed by atoms with Gasteiger partial charge in [0.2, 0.25) is 0 Å². The maximum atomic E-state index is 13.8. The van der Waals surface area contributed by atoms with Crippen molar-refractivity contribution in [1.29, 1.82) is 0 Å². The maximum absolute atomic E-state index is 13.8. The van der Waals surface area contributed by atoms with Crippen molar-refractivity contribution in [2.45, 2.75) is 6.67 Å². The molecule has 148 valence electrons. The third kappa shape index (κ3) is 3.90. The summed E-state index contributed by atoms with van der Waals surface area (Å²) in [7, 11) is 0. The SMILES string of the molecule is C#CCN1CCN(Cn2nc(-c3ccc(F)c(F)c3)c3ccccc3c2=O)CC1. The van der Waals surface area contributed by atoms with Crippen molar-refractivity contribution < 1.29 is 8.78 Å². The Labute approximate surface area is 167 Å². The Morgan fingerprint density at radius 3 is 2.34 bits per heavy atom. The smallest absolute Gasteiger partial charge is 0.275 e. The summed E-state index contributed by atoms with van der Waals surface area (Å²) in [6.07, 6.45) is 5.37. The van der Waals surface area contributed by atoms with Gasteiger partial charge in [-0.15, -0.1) is 6.42 Å². The van der Waals surface area contributed by atoms with Gasteiger partial charge in [0.05, 0.1) is 24.3 Å². The van der Waals surface area contributed by atoms with Crippen LogP contribution in [0.25, 0.3) is 22.0 Å². The van der Waals surface area contributed by atoms with Crippen molar-refractivity contribution >= 4 is 10.8 Å². The van der Waals surface area contributed by atoms with Crippen molar-refractivity contribution in [3.05, 3.63) is 64.5 Å². The Balaban J connectivity index is 1.72. The van der Waals surface area contributed by atoms with Crippen LogP contribution >= 0.6 is 0 Å². The lowest BCUT2D eigenvalue weighted by Crippen LogP contribution is -2.48. The summed E-state index contributed by atoms with van der Waals surface area (Å²) < 4.78 is 28.6. The van der Waals surface area contributed by atoms with Gasteiger partial charge >= 0.3 is 0 Å². The molecule has 1 aliphatic rings. The Morgan fingerprint density at radius 2 is 1.66 bits per heavy atom. The molecule has 7 heteroatoms. The highest BCUT2D eigenvalue weighted by Gasteiger charge is 2.19. The van der Waals surface area contributed by atoms with Gasteiger partial charge in [0.1, 0.15) is 0 Å². The van der Waals surface area contributed by atoms with Crippen LogP contribution in [0.4, 0.5) is 8.78 Å². The van der Waals surface area contributed by atoms with Gasteiger partial charge in [-0.25, -0.2) is 13.5 Å². The molecule has 0 saturated carbocycles. The van der Waals surface area contributed by atoms with Gasteiger partial charge in [0.25, 0.3) is 5.56 Å². The molecule has 1 saturated heterocycles. The molecule has 0 atom stereocenters. The van der Waals surface area contributed by atoms with Crippen LogP contribution in [0, 0.1) is 24.0 Å². The molecule has 0 N–H and O–H groups in total. The number of aromatic nitrogens is 2. The Morgan fingerprint density at radius 1 is 0.966 bits per heavy atom. The van der Waals surface area contributed by atoms with Gasteiger partial charge in [0.15, 0.2) is 11.6 Å². The summed E-state index contributed by atoms with van der Waals surface area (Å²) in [4.78, 5) is 17.3. The molecule has 0 unspecified atom stereocenters. The van der Waals surface area contributed by atoms with E-state index >= 15 is 0 Å². The fourth-order valence-electron chi connectivity index (χ4n) is 3.60. The molecule has 29 heavy (non-hydrogen) atoms. The number of hydrogen-bond acceptors (Lipinski definition) is 4. The van der Waals surface area contributed by atoms with Gasteiger partial charge in [-0.1, -0.05) is 24.1 Å². The molecule has 4 rings (SSSR count). The first-order valence-electron chi connectivity index (χ1n) is 9.40. The highest BCUT2D eigenvalue weighted by Crippen LogP contribution is 2.26. The normalized spacial score (nSPS) is 15.5. The van der Waals surface area contributed by atoms with E-state index in [1.54, 1.807) is 24.3 Å². The number of benzene rings is 2. The number of nitrogens with zero attached hydrogens (tertiary/aromatic N) is 4. The molecule has 0 amide bonds. The molecule has 5 nitrogen and oxygen atoms in total. The second-order valence-electron chi connectivity index (χ2n) is 7.07. The minimum atomic E-state index is -0.948. The van der Waals surface area contributed by atoms with Crippen molar-refractivity contribution in [2.75, 3.05) is 32.7 Å². The first-order valence-corrected chi connectivity index (χ1v) is 9.40. The zero-order valence-electron chi connectivity index (χ0n) is 15.8. The van der Waals surface area contributed by atoms with Gasteiger partial charge in [-0.05, 0) is 24.3 Å². The van der Waals surface area contributed by atoms with E-state index in [0.29, 0.717) is 35.2 Å².